The molecule has 0 saturated heterocycles. The summed E-state index contributed by atoms with van der Waals surface area (Å²) in [6.45, 7) is 0.803. The number of rotatable bonds is 5. The number of nitrogens with zero attached hydrogens (tertiary/aromatic N) is 2. The van der Waals surface area contributed by atoms with Gasteiger partial charge in [0.25, 0.3) is 5.91 Å². The molecule has 1 aliphatic heterocycles. The maximum atomic E-state index is 14.1. The summed E-state index contributed by atoms with van der Waals surface area (Å²) in [7, 11) is 5.89. The summed E-state index contributed by atoms with van der Waals surface area (Å²) in [5.41, 5.74) is -1.18. The van der Waals surface area contributed by atoms with Crippen molar-refractivity contribution in [1.29, 1.82) is 0 Å². The molecule has 1 saturated carbocycles. The smallest absolute Gasteiger partial charge is 0.258 e. The highest BCUT2D eigenvalue weighted by molar-refractivity contribution is 6.25. The highest BCUT2D eigenvalue weighted by atomic mass is 16.5. The number of ether oxygens (including phenoxy) is 1. The first kappa shape index (κ1) is 29.5. The molecule has 12 heteroatoms. The van der Waals surface area contributed by atoms with Crippen LogP contribution in [-0.2, 0) is 30.3 Å². The number of aliphatic hydroxyl groups excluding tert-OH is 2. The topological polar surface area (TPSA) is 177 Å². The zero-order chi connectivity index (χ0) is 30.7. The normalized spacial score (nSPS) is 27.4. The maximum Gasteiger partial charge on any atom is 0.258 e. The molecule has 0 radical (unpaired) electrons. The average molecular weight is 582 g/mol. The van der Waals surface area contributed by atoms with Gasteiger partial charge in [-0.3, -0.25) is 24.1 Å². The quantitative estimate of drug-likeness (QED) is 0.308. The number of carbonyl (C=O) groups excluding carboxylic acids is 4. The molecule has 224 valence electrons. The molecule has 42 heavy (non-hydrogen) atoms. The predicted octanol–water partition coefficient (Wildman–Crippen LogP) is 0.487. The van der Waals surface area contributed by atoms with E-state index in [2.05, 4.69) is 5.32 Å². The first-order chi connectivity index (χ1) is 19.9. The Morgan fingerprint density at radius 1 is 1.19 bits per heavy atom. The van der Waals surface area contributed by atoms with Gasteiger partial charge in [-0.05, 0) is 62.0 Å². The molecule has 0 aromatic heterocycles. The molecule has 12 nitrogen and oxygen atoms in total. The molecule has 1 aromatic rings. The molecular formula is C30H35N3O9. The Balaban J connectivity index is 1.62. The van der Waals surface area contributed by atoms with E-state index in [1.165, 1.54) is 25.1 Å². The molecule has 1 heterocycles. The number of benzene rings is 1. The van der Waals surface area contributed by atoms with E-state index in [0.717, 1.165) is 11.1 Å². The van der Waals surface area contributed by atoms with Gasteiger partial charge in [0, 0.05) is 38.7 Å². The molecule has 0 bridgehead atoms. The second kappa shape index (κ2) is 10.7. The number of aliphatic hydroxyl groups is 3. The third-order valence-electron chi connectivity index (χ3n) is 8.99. The monoisotopic (exact) mass is 581 g/mol. The Morgan fingerprint density at radius 2 is 1.90 bits per heavy atom. The van der Waals surface area contributed by atoms with Crippen molar-refractivity contribution in [3.63, 3.8) is 0 Å². The lowest BCUT2D eigenvalue weighted by Crippen LogP contribution is -2.65. The summed E-state index contributed by atoms with van der Waals surface area (Å²) in [6.07, 6.45) is 2.68. The van der Waals surface area contributed by atoms with Gasteiger partial charge in [-0.15, -0.1) is 0 Å². The van der Waals surface area contributed by atoms with Gasteiger partial charge < -0.3 is 35.4 Å². The van der Waals surface area contributed by atoms with Gasteiger partial charge in [0.1, 0.15) is 29.4 Å². The van der Waals surface area contributed by atoms with E-state index in [-0.39, 0.29) is 42.2 Å². The molecule has 1 aromatic carbocycles. The standard InChI is InChI=1S/C30H35N3O9/c1-31-29(40)23-26(37)24(32(2)3)18-12-15-11-17-16(14-7-9-33(10-8-14)20(35)13-42-4)5-6-19(34)22(17)25(36)21(15)27(38)30(18,41)28(23)39/h5-7,15,18,24,34,36,39,41H,8-13H2,1-4H3,(H,31,40)/t15-,18-,24-,30-/m0/s1. The van der Waals surface area contributed by atoms with E-state index < -0.39 is 58.0 Å². The number of methoxy groups -OCH3 is 1. The van der Waals surface area contributed by atoms with Gasteiger partial charge in [-0.1, -0.05) is 12.1 Å². The highest BCUT2D eigenvalue weighted by Crippen LogP contribution is 2.53. The maximum absolute atomic E-state index is 14.1. The average Bonchev–Trinajstić information content (AvgIpc) is 2.95. The summed E-state index contributed by atoms with van der Waals surface area (Å²) in [6, 6.07) is 2.05. The van der Waals surface area contributed by atoms with Crippen LogP contribution < -0.4 is 5.32 Å². The molecule has 1 fully saturated rings. The lowest BCUT2D eigenvalue weighted by atomic mass is 9.57. The number of aromatic hydroxyl groups is 1. The van der Waals surface area contributed by atoms with Crippen molar-refractivity contribution in [2.45, 2.75) is 30.9 Å². The second-order valence-corrected chi connectivity index (χ2v) is 11.4. The fraction of sp³-hybridized carbons (Fsp3) is 0.467. The molecule has 5 rings (SSSR count). The Bertz CT molecular complexity index is 1490. The largest absolute Gasteiger partial charge is 0.508 e. The SMILES string of the molecule is CNC(=O)C1=C(O)[C@@]2(O)C(=O)C3=C(O)c4c(O)ccc(C5=CCN(C(=O)COC)CC5)c4C[C@H]3C[C@H]2[C@H](N(C)C)C1=O. The van der Waals surface area contributed by atoms with Gasteiger partial charge in [0.2, 0.25) is 11.7 Å². The van der Waals surface area contributed by atoms with Crippen molar-refractivity contribution in [3.8, 4) is 5.75 Å². The summed E-state index contributed by atoms with van der Waals surface area (Å²) < 4.78 is 4.95. The number of ketones is 2. The van der Waals surface area contributed by atoms with Gasteiger partial charge in [0.05, 0.1) is 11.6 Å². The van der Waals surface area contributed by atoms with Crippen LogP contribution >= 0.6 is 0 Å². The Labute approximate surface area is 242 Å². The number of nitrogens with one attached hydrogen (secondary N) is 1. The molecule has 3 aliphatic carbocycles. The summed E-state index contributed by atoms with van der Waals surface area (Å²) in [4.78, 5) is 55.5. The number of likely N-dealkylation sites (N-methyl/N-ethyl adjacent to an activating group) is 2. The van der Waals surface area contributed by atoms with Crippen LogP contribution in [0.15, 0.2) is 35.1 Å². The van der Waals surface area contributed by atoms with E-state index >= 15 is 0 Å². The van der Waals surface area contributed by atoms with E-state index in [9.17, 15) is 39.6 Å². The first-order valence-electron chi connectivity index (χ1n) is 13.8. The van der Waals surface area contributed by atoms with Crippen LogP contribution in [0.2, 0.25) is 0 Å². The van der Waals surface area contributed by atoms with E-state index in [0.29, 0.717) is 25.1 Å². The Kier molecular flexibility index (Phi) is 7.50. The number of carbonyl (C=O) groups is 4. The molecule has 4 atom stereocenters. The van der Waals surface area contributed by atoms with Crippen LogP contribution in [-0.4, -0.2) is 113 Å². The molecular weight excluding hydrogens is 546 g/mol. The number of hydrogen-bond acceptors (Lipinski definition) is 10. The van der Waals surface area contributed by atoms with Crippen molar-refractivity contribution in [1.82, 2.24) is 15.1 Å². The fourth-order valence-electron chi connectivity index (χ4n) is 7.01. The van der Waals surface area contributed by atoms with E-state index in [4.69, 9.17) is 4.74 Å². The first-order valence-corrected chi connectivity index (χ1v) is 13.8. The number of Topliss-reactive ketones (excluding diaryl/α,β-unsaturated/α-hetero) is 2. The minimum atomic E-state index is -2.64. The van der Waals surface area contributed by atoms with Gasteiger partial charge in [-0.2, -0.15) is 0 Å². The number of hydrogen-bond donors (Lipinski definition) is 5. The zero-order valence-electron chi connectivity index (χ0n) is 23.9. The molecule has 5 N–H and O–H groups in total. The number of amides is 2. The van der Waals surface area contributed by atoms with Crippen molar-refractivity contribution < 1.29 is 44.3 Å². The van der Waals surface area contributed by atoms with Crippen LogP contribution in [0.25, 0.3) is 11.3 Å². The number of fused-ring (bicyclic) bond motifs is 3. The number of phenols is 1. The van der Waals surface area contributed by atoms with Crippen molar-refractivity contribution >= 4 is 34.7 Å². The van der Waals surface area contributed by atoms with Gasteiger partial charge >= 0.3 is 0 Å². The number of phenolic OH excluding ortho intramolecular Hbond substituents is 1. The third kappa shape index (κ3) is 4.24. The Morgan fingerprint density at radius 3 is 2.50 bits per heavy atom. The van der Waals surface area contributed by atoms with Crippen LogP contribution in [0.1, 0.15) is 29.5 Å². The van der Waals surface area contributed by atoms with Crippen LogP contribution in [0.4, 0.5) is 0 Å². The van der Waals surface area contributed by atoms with Crippen LogP contribution in [0.5, 0.6) is 5.75 Å². The van der Waals surface area contributed by atoms with E-state index in [1.54, 1.807) is 25.1 Å². The van der Waals surface area contributed by atoms with Crippen LogP contribution in [0, 0.1) is 11.8 Å². The van der Waals surface area contributed by atoms with Gasteiger partial charge in [0.15, 0.2) is 11.4 Å². The van der Waals surface area contributed by atoms with Crippen molar-refractivity contribution in [3.05, 3.63) is 51.8 Å². The van der Waals surface area contributed by atoms with Gasteiger partial charge in [-0.25, -0.2) is 0 Å². The summed E-state index contributed by atoms with van der Waals surface area (Å²) in [5.74, 6) is -6.38. The molecule has 4 aliphatic rings. The fourth-order valence-corrected chi connectivity index (χ4v) is 7.01. The highest BCUT2D eigenvalue weighted by Gasteiger charge is 2.64. The van der Waals surface area contributed by atoms with Crippen molar-refractivity contribution in [2.75, 3.05) is 47.9 Å². The third-order valence-corrected chi connectivity index (χ3v) is 8.99. The second-order valence-electron chi connectivity index (χ2n) is 11.4. The lowest BCUT2D eigenvalue weighted by Gasteiger charge is -2.50. The van der Waals surface area contributed by atoms with Crippen LogP contribution in [0.3, 0.4) is 0 Å². The summed E-state index contributed by atoms with van der Waals surface area (Å²) in [5, 5.41) is 47.6. The minimum absolute atomic E-state index is 0.0196. The van der Waals surface area contributed by atoms with Crippen molar-refractivity contribution in [2.24, 2.45) is 11.8 Å². The molecule has 0 spiro atoms. The Hall–Kier alpha value is -4.00. The minimum Gasteiger partial charge on any atom is -0.508 e. The molecule has 2 amide bonds. The van der Waals surface area contributed by atoms with E-state index in [1.807, 2.05) is 6.08 Å². The zero-order valence-corrected chi connectivity index (χ0v) is 23.9. The lowest BCUT2D eigenvalue weighted by molar-refractivity contribution is -0.153. The predicted molar refractivity (Wildman–Crippen MR) is 150 cm³/mol. The summed E-state index contributed by atoms with van der Waals surface area (Å²) >= 11 is 0. The molecule has 0 unspecified atom stereocenters.